The Kier molecular flexibility index (Phi) is 7.43. The van der Waals surface area contributed by atoms with E-state index < -0.39 is 24.1 Å². The second-order valence-corrected chi connectivity index (χ2v) is 10.1. The van der Waals surface area contributed by atoms with E-state index >= 15 is 0 Å². The van der Waals surface area contributed by atoms with Gasteiger partial charge >= 0.3 is 12.1 Å². The van der Waals surface area contributed by atoms with Crippen molar-refractivity contribution in [1.82, 2.24) is 10.2 Å². The van der Waals surface area contributed by atoms with E-state index in [1.54, 1.807) is 0 Å². The number of hydrogen-bond acceptors (Lipinski definition) is 4. The number of piperidine rings is 1. The van der Waals surface area contributed by atoms with Crippen molar-refractivity contribution >= 4 is 18.0 Å². The molecular weight excluding hydrogens is 444 g/mol. The Bertz CT molecular complexity index is 1050. The number of fused-ring (bicyclic) bond motifs is 3. The predicted octanol–water partition coefficient (Wildman–Crippen LogP) is 4.65. The summed E-state index contributed by atoms with van der Waals surface area (Å²) in [5.74, 6) is -1.03. The molecule has 1 fully saturated rings. The van der Waals surface area contributed by atoms with Crippen molar-refractivity contribution in [2.75, 3.05) is 13.2 Å². The number of nitrogens with zero attached hydrogens (tertiary/aromatic N) is 1. The third-order valence-electron chi connectivity index (χ3n) is 7.32. The zero-order chi connectivity index (χ0) is 25.1. The fraction of sp³-hybridized carbons (Fsp3) is 0.464. The van der Waals surface area contributed by atoms with E-state index in [1.165, 1.54) is 4.90 Å². The minimum Gasteiger partial charge on any atom is -0.480 e. The van der Waals surface area contributed by atoms with Gasteiger partial charge in [0.05, 0.1) is 0 Å². The van der Waals surface area contributed by atoms with Gasteiger partial charge in [-0.05, 0) is 46.9 Å². The van der Waals surface area contributed by atoms with Crippen molar-refractivity contribution in [3.05, 3.63) is 59.7 Å². The summed E-state index contributed by atoms with van der Waals surface area (Å²) in [6.45, 7) is 6.48. The highest BCUT2D eigenvalue weighted by atomic mass is 16.5. The van der Waals surface area contributed by atoms with Gasteiger partial charge in [0, 0.05) is 24.9 Å². The highest BCUT2D eigenvalue weighted by Gasteiger charge is 2.36. The van der Waals surface area contributed by atoms with E-state index in [0.717, 1.165) is 28.7 Å². The summed E-state index contributed by atoms with van der Waals surface area (Å²) >= 11 is 0. The first-order valence-electron chi connectivity index (χ1n) is 12.4. The molecule has 2 aromatic carbocycles. The Morgan fingerprint density at radius 3 is 2.23 bits per heavy atom. The van der Waals surface area contributed by atoms with Gasteiger partial charge in [0.1, 0.15) is 12.6 Å². The maximum Gasteiger partial charge on any atom is 0.407 e. The summed E-state index contributed by atoms with van der Waals surface area (Å²) in [5.41, 5.74) is 4.59. The molecule has 4 rings (SSSR count). The van der Waals surface area contributed by atoms with Crippen LogP contribution in [0.5, 0.6) is 0 Å². The average molecular weight is 479 g/mol. The molecule has 35 heavy (non-hydrogen) atoms. The van der Waals surface area contributed by atoms with E-state index in [2.05, 4.69) is 29.6 Å². The van der Waals surface area contributed by atoms with Gasteiger partial charge in [-0.1, -0.05) is 69.3 Å². The lowest BCUT2D eigenvalue weighted by molar-refractivity contribution is -0.153. The molecular formula is C28H34N2O5. The Hall–Kier alpha value is -3.35. The molecule has 3 unspecified atom stereocenters. The summed E-state index contributed by atoms with van der Waals surface area (Å²) in [4.78, 5) is 39.0. The van der Waals surface area contributed by atoms with E-state index in [0.29, 0.717) is 13.0 Å². The zero-order valence-corrected chi connectivity index (χ0v) is 20.6. The van der Waals surface area contributed by atoms with Crippen LogP contribution in [0.1, 0.15) is 57.1 Å². The van der Waals surface area contributed by atoms with Crippen LogP contribution >= 0.6 is 0 Å². The minimum atomic E-state index is -0.976. The second kappa shape index (κ2) is 10.5. The van der Waals surface area contributed by atoms with Gasteiger partial charge in [-0.2, -0.15) is 0 Å². The van der Waals surface area contributed by atoms with Crippen LogP contribution in [0.4, 0.5) is 4.79 Å². The molecule has 0 saturated carbocycles. The van der Waals surface area contributed by atoms with Crippen molar-refractivity contribution < 1.29 is 24.2 Å². The van der Waals surface area contributed by atoms with Crippen LogP contribution in [0.25, 0.3) is 11.1 Å². The molecule has 0 bridgehead atoms. The number of amides is 2. The van der Waals surface area contributed by atoms with Crippen LogP contribution in [-0.4, -0.2) is 53.2 Å². The lowest BCUT2D eigenvalue weighted by Crippen LogP contribution is -2.52. The highest BCUT2D eigenvalue weighted by Crippen LogP contribution is 2.44. The second-order valence-electron chi connectivity index (χ2n) is 10.1. The zero-order valence-electron chi connectivity index (χ0n) is 20.6. The quantitative estimate of drug-likeness (QED) is 0.604. The van der Waals surface area contributed by atoms with Crippen LogP contribution in [0.2, 0.25) is 0 Å². The third-order valence-corrected chi connectivity index (χ3v) is 7.32. The largest absolute Gasteiger partial charge is 0.480 e. The number of hydrogen-bond donors (Lipinski definition) is 2. The van der Waals surface area contributed by atoms with Crippen molar-refractivity contribution in [1.29, 1.82) is 0 Å². The van der Waals surface area contributed by atoms with E-state index in [-0.39, 0.29) is 36.7 Å². The lowest BCUT2D eigenvalue weighted by Gasteiger charge is -2.37. The summed E-state index contributed by atoms with van der Waals surface area (Å²) in [6.07, 6.45) is 0.704. The van der Waals surface area contributed by atoms with Crippen LogP contribution in [0, 0.1) is 11.8 Å². The van der Waals surface area contributed by atoms with Gasteiger partial charge in [-0.15, -0.1) is 0 Å². The molecule has 2 aliphatic rings. The normalized spacial score (nSPS) is 20.2. The number of nitrogens with one attached hydrogen (secondary N) is 1. The molecule has 186 valence electrons. The molecule has 7 nitrogen and oxygen atoms in total. The van der Waals surface area contributed by atoms with Crippen LogP contribution in [-0.2, 0) is 14.3 Å². The fourth-order valence-electron chi connectivity index (χ4n) is 5.22. The fourth-order valence-corrected chi connectivity index (χ4v) is 5.22. The lowest BCUT2D eigenvalue weighted by atomic mass is 9.91. The molecule has 1 aliphatic carbocycles. The number of benzene rings is 2. The molecule has 1 saturated heterocycles. The first-order valence-corrected chi connectivity index (χ1v) is 12.4. The van der Waals surface area contributed by atoms with Crippen molar-refractivity contribution in [2.45, 2.75) is 58.0 Å². The van der Waals surface area contributed by atoms with Crippen LogP contribution in [0.3, 0.4) is 0 Å². The maximum absolute atomic E-state index is 13.0. The standard InChI is InChI=1S/C28H34N2O5/c1-17(2)24(15-26(31)30-13-12-18(3)14-25(30)27(32)33)29-28(34)35-16-23-21-10-6-4-8-19(21)20-9-5-7-11-22(20)23/h4-11,17-18,23-25H,12-16H2,1-3H3,(H,29,34)(H,32,33). The number of carboxylic acids is 1. The van der Waals surface area contributed by atoms with Gasteiger partial charge < -0.3 is 20.1 Å². The Morgan fingerprint density at radius 1 is 1.06 bits per heavy atom. The topological polar surface area (TPSA) is 95.9 Å². The maximum atomic E-state index is 13.0. The van der Waals surface area contributed by atoms with E-state index in [4.69, 9.17) is 4.74 Å². The molecule has 1 aliphatic heterocycles. The molecule has 0 radical (unpaired) electrons. The smallest absolute Gasteiger partial charge is 0.407 e. The van der Waals surface area contributed by atoms with Gasteiger partial charge in [-0.3, -0.25) is 4.79 Å². The van der Waals surface area contributed by atoms with Gasteiger partial charge in [0.25, 0.3) is 0 Å². The average Bonchev–Trinajstić information content (AvgIpc) is 3.15. The Morgan fingerprint density at radius 2 is 1.66 bits per heavy atom. The SMILES string of the molecule is CC1CCN(C(=O)CC(NC(=O)OCC2c3ccccc3-c3ccccc32)C(C)C)C(C(=O)O)C1. The van der Waals surface area contributed by atoms with E-state index in [9.17, 15) is 19.5 Å². The Balaban J connectivity index is 1.38. The monoisotopic (exact) mass is 478 g/mol. The molecule has 2 aromatic rings. The van der Waals surface area contributed by atoms with Gasteiger partial charge in [-0.25, -0.2) is 9.59 Å². The molecule has 2 amide bonds. The van der Waals surface area contributed by atoms with Crippen LogP contribution in [0.15, 0.2) is 48.5 Å². The number of ether oxygens (including phenoxy) is 1. The number of carboxylic acid groups (broad SMARTS) is 1. The number of likely N-dealkylation sites (tertiary alicyclic amines) is 1. The summed E-state index contributed by atoms with van der Waals surface area (Å²) in [6, 6.07) is 15.0. The predicted molar refractivity (Wildman–Crippen MR) is 133 cm³/mol. The van der Waals surface area contributed by atoms with Gasteiger partial charge in [0.2, 0.25) is 5.91 Å². The molecule has 2 N–H and O–H groups in total. The first kappa shape index (κ1) is 24.8. The van der Waals surface area contributed by atoms with E-state index in [1.807, 2.05) is 45.0 Å². The highest BCUT2D eigenvalue weighted by molar-refractivity contribution is 5.84. The number of aliphatic carboxylic acids is 1. The number of alkyl carbamates (subject to hydrolysis) is 1. The van der Waals surface area contributed by atoms with Crippen molar-refractivity contribution in [2.24, 2.45) is 11.8 Å². The third kappa shape index (κ3) is 5.34. The number of carbonyl (C=O) groups excluding carboxylic acids is 2. The van der Waals surface area contributed by atoms with Crippen molar-refractivity contribution in [3.63, 3.8) is 0 Å². The van der Waals surface area contributed by atoms with Crippen molar-refractivity contribution in [3.8, 4) is 11.1 Å². The molecule has 0 aromatic heterocycles. The van der Waals surface area contributed by atoms with Gasteiger partial charge in [0.15, 0.2) is 0 Å². The minimum absolute atomic E-state index is 0.0218. The molecule has 7 heteroatoms. The molecule has 0 spiro atoms. The Labute approximate surface area is 206 Å². The summed E-state index contributed by atoms with van der Waals surface area (Å²) < 4.78 is 5.65. The van der Waals surface area contributed by atoms with Crippen LogP contribution < -0.4 is 5.32 Å². The molecule has 1 heterocycles. The molecule has 3 atom stereocenters. The number of rotatable bonds is 7. The summed E-state index contributed by atoms with van der Waals surface area (Å²) in [5, 5.41) is 12.4. The summed E-state index contributed by atoms with van der Waals surface area (Å²) in [7, 11) is 0. The number of carbonyl (C=O) groups is 3. The first-order chi connectivity index (χ1) is 16.8.